The maximum absolute atomic E-state index is 12.7. The highest BCUT2D eigenvalue weighted by atomic mass is 127. The number of piperazine rings is 1. The average Bonchev–Trinajstić information content (AvgIpc) is 3.19. The van der Waals surface area contributed by atoms with Gasteiger partial charge in [0.25, 0.3) is 0 Å². The number of aromatic nitrogens is 2. The number of rotatable bonds is 5. The number of nitrogens with one attached hydrogen (secondary N) is 1. The molecular formula is C23H29IN6O. The molecule has 0 bridgehead atoms. The lowest BCUT2D eigenvalue weighted by atomic mass is 10.0. The number of guanidine groups is 1. The molecule has 1 aliphatic heterocycles. The van der Waals surface area contributed by atoms with Crippen LogP contribution in [0.5, 0.6) is 0 Å². The van der Waals surface area contributed by atoms with Crippen molar-refractivity contribution in [1.82, 2.24) is 20.0 Å². The van der Waals surface area contributed by atoms with E-state index >= 15 is 0 Å². The van der Waals surface area contributed by atoms with Gasteiger partial charge in [-0.1, -0.05) is 42.5 Å². The van der Waals surface area contributed by atoms with Crippen LogP contribution in [0.25, 0.3) is 10.8 Å². The summed E-state index contributed by atoms with van der Waals surface area (Å²) in [4.78, 5) is 21.4. The molecule has 1 N–H and O–H groups in total. The molecule has 0 atom stereocenters. The Morgan fingerprint density at radius 3 is 2.71 bits per heavy atom. The number of halogens is 1. The molecule has 8 heteroatoms. The van der Waals surface area contributed by atoms with Gasteiger partial charge in [0.2, 0.25) is 5.91 Å². The third-order valence-electron chi connectivity index (χ3n) is 5.38. The molecule has 0 unspecified atom stereocenters. The molecule has 2 aromatic carbocycles. The van der Waals surface area contributed by atoms with Crippen LogP contribution in [0, 0.1) is 0 Å². The average molecular weight is 532 g/mol. The van der Waals surface area contributed by atoms with Gasteiger partial charge in [0.15, 0.2) is 5.96 Å². The van der Waals surface area contributed by atoms with Crippen molar-refractivity contribution < 1.29 is 4.79 Å². The third kappa shape index (κ3) is 5.36. The molecule has 7 nitrogen and oxygen atoms in total. The Bertz CT molecular complexity index is 1060. The van der Waals surface area contributed by atoms with Gasteiger partial charge in [-0.25, -0.2) is 0 Å². The molecule has 0 aliphatic carbocycles. The quantitative estimate of drug-likeness (QED) is 0.312. The van der Waals surface area contributed by atoms with E-state index in [0.29, 0.717) is 19.6 Å². The van der Waals surface area contributed by atoms with E-state index in [9.17, 15) is 4.79 Å². The van der Waals surface area contributed by atoms with Gasteiger partial charge in [-0.3, -0.25) is 14.5 Å². The molecule has 3 aromatic rings. The van der Waals surface area contributed by atoms with E-state index in [1.807, 2.05) is 25.1 Å². The summed E-state index contributed by atoms with van der Waals surface area (Å²) in [6, 6.07) is 14.8. The van der Waals surface area contributed by atoms with Crippen molar-refractivity contribution in [2.45, 2.75) is 13.3 Å². The summed E-state index contributed by atoms with van der Waals surface area (Å²) in [6.07, 6.45) is 4.47. The summed E-state index contributed by atoms with van der Waals surface area (Å²) in [5.41, 5.74) is 2.14. The second-order valence-corrected chi connectivity index (χ2v) is 7.46. The van der Waals surface area contributed by atoms with E-state index in [2.05, 4.69) is 52.9 Å². The number of carbonyl (C=O) groups excluding carboxylic acids is 1. The van der Waals surface area contributed by atoms with E-state index in [1.54, 1.807) is 15.8 Å². The Hall–Kier alpha value is -2.62. The van der Waals surface area contributed by atoms with Crippen molar-refractivity contribution in [2.75, 3.05) is 37.6 Å². The van der Waals surface area contributed by atoms with E-state index in [0.717, 1.165) is 31.2 Å². The van der Waals surface area contributed by atoms with Crippen molar-refractivity contribution >= 4 is 52.3 Å². The predicted molar refractivity (Wildman–Crippen MR) is 136 cm³/mol. The fourth-order valence-electron chi connectivity index (χ4n) is 3.89. The largest absolute Gasteiger partial charge is 0.357 e. The van der Waals surface area contributed by atoms with Gasteiger partial charge in [-0.2, -0.15) is 5.10 Å². The third-order valence-corrected chi connectivity index (χ3v) is 5.38. The van der Waals surface area contributed by atoms with Crippen molar-refractivity contribution in [3.63, 3.8) is 0 Å². The van der Waals surface area contributed by atoms with E-state index < -0.39 is 0 Å². The Morgan fingerprint density at radius 2 is 1.97 bits per heavy atom. The molecule has 31 heavy (non-hydrogen) atoms. The summed E-state index contributed by atoms with van der Waals surface area (Å²) in [6.45, 7) is 5.17. The van der Waals surface area contributed by atoms with Crippen LogP contribution >= 0.6 is 24.0 Å². The molecule has 4 rings (SSSR count). The Morgan fingerprint density at radius 1 is 1.16 bits per heavy atom. The zero-order chi connectivity index (χ0) is 20.9. The van der Waals surface area contributed by atoms with Crippen LogP contribution in [-0.4, -0.2) is 59.3 Å². The molecule has 164 valence electrons. The molecule has 1 fully saturated rings. The van der Waals surface area contributed by atoms with E-state index in [4.69, 9.17) is 4.99 Å². The topological polar surface area (TPSA) is 65.8 Å². The summed E-state index contributed by atoms with van der Waals surface area (Å²) in [5, 5.41) is 10.0. The first-order chi connectivity index (χ1) is 14.7. The number of hydrogen-bond acceptors (Lipinski definition) is 3. The lowest BCUT2D eigenvalue weighted by Crippen LogP contribution is -2.55. The summed E-state index contributed by atoms with van der Waals surface area (Å²) in [5.74, 6) is 0.867. The maximum Gasteiger partial charge on any atom is 0.246 e. The van der Waals surface area contributed by atoms with Gasteiger partial charge in [0, 0.05) is 39.4 Å². The van der Waals surface area contributed by atoms with Crippen LogP contribution in [0.4, 0.5) is 5.69 Å². The summed E-state index contributed by atoms with van der Waals surface area (Å²) < 4.78 is 1.72. The minimum atomic E-state index is 0. The lowest BCUT2D eigenvalue weighted by Gasteiger charge is -2.35. The van der Waals surface area contributed by atoms with E-state index in [1.165, 1.54) is 16.3 Å². The molecule has 0 saturated carbocycles. The first-order valence-corrected chi connectivity index (χ1v) is 10.4. The fraction of sp³-hybridized carbons (Fsp3) is 0.348. The SMILES string of the molecule is CCNC(=NCCc1cccc2ccccc12)N1CCN(c2cnn(C)c2)C(=O)C1.I. The minimum absolute atomic E-state index is 0. The first-order valence-electron chi connectivity index (χ1n) is 10.4. The van der Waals surface area contributed by atoms with Gasteiger partial charge in [0.05, 0.1) is 11.9 Å². The number of amides is 1. The molecule has 2 heterocycles. The normalized spacial score (nSPS) is 14.6. The van der Waals surface area contributed by atoms with E-state index in [-0.39, 0.29) is 29.9 Å². The lowest BCUT2D eigenvalue weighted by molar-refractivity contribution is -0.120. The van der Waals surface area contributed by atoms with Gasteiger partial charge < -0.3 is 15.1 Å². The van der Waals surface area contributed by atoms with Gasteiger partial charge in [-0.05, 0) is 29.7 Å². The second-order valence-electron chi connectivity index (χ2n) is 7.46. The molecule has 1 amide bonds. The van der Waals surface area contributed by atoms with Crippen LogP contribution < -0.4 is 10.2 Å². The summed E-state index contributed by atoms with van der Waals surface area (Å²) in [7, 11) is 1.86. The predicted octanol–water partition coefficient (Wildman–Crippen LogP) is 3.05. The van der Waals surface area contributed by atoms with Gasteiger partial charge in [-0.15, -0.1) is 24.0 Å². The smallest absolute Gasteiger partial charge is 0.246 e. The highest BCUT2D eigenvalue weighted by Gasteiger charge is 2.27. The number of carbonyl (C=O) groups is 1. The molecule has 1 aromatic heterocycles. The molecular weight excluding hydrogens is 503 g/mol. The molecule has 0 spiro atoms. The van der Waals surface area contributed by atoms with Crippen LogP contribution in [0.15, 0.2) is 59.9 Å². The van der Waals surface area contributed by atoms with Crippen LogP contribution in [-0.2, 0) is 18.3 Å². The Kier molecular flexibility index (Phi) is 7.89. The second kappa shape index (κ2) is 10.6. The number of benzene rings is 2. The number of aliphatic imine (C=N–C) groups is 1. The van der Waals surface area contributed by atoms with Crippen LogP contribution in [0.1, 0.15) is 12.5 Å². The molecule has 1 saturated heterocycles. The summed E-state index contributed by atoms with van der Waals surface area (Å²) >= 11 is 0. The number of aryl methyl sites for hydroxylation is 1. The number of anilines is 1. The fourth-order valence-corrected chi connectivity index (χ4v) is 3.89. The van der Waals surface area contributed by atoms with Gasteiger partial charge >= 0.3 is 0 Å². The zero-order valence-electron chi connectivity index (χ0n) is 18.0. The van der Waals surface area contributed by atoms with Gasteiger partial charge in [0.1, 0.15) is 6.54 Å². The highest BCUT2D eigenvalue weighted by Crippen LogP contribution is 2.19. The van der Waals surface area contributed by atoms with Crippen molar-refractivity contribution in [3.05, 3.63) is 60.4 Å². The maximum atomic E-state index is 12.7. The number of fused-ring (bicyclic) bond motifs is 1. The van der Waals surface area contributed by atoms with Crippen LogP contribution in [0.2, 0.25) is 0 Å². The minimum Gasteiger partial charge on any atom is -0.357 e. The zero-order valence-corrected chi connectivity index (χ0v) is 20.3. The molecule has 1 aliphatic rings. The van der Waals surface area contributed by atoms with Crippen molar-refractivity contribution in [1.29, 1.82) is 0 Å². The molecule has 0 radical (unpaired) electrons. The van der Waals surface area contributed by atoms with Crippen molar-refractivity contribution in [3.8, 4) is 0 Å². The standard InChI is InChI=1S/C23H28N6O.HI/c1-3-24-23(25-12-11-19-9-6-8-18-7-4-5-10-21(18)19)28-13-14-29(22(30)17-28)20-15-26-27(2)16-20;/h4-10,15-16H,3,11-14,17H2,1-2H3,(H,24,25);1H. The van der Waals surface area contributed by atoms with Crippen molar-refractivity contribution in [2.24, 2.45) is 12.0 Å². The number of hydrogen-bond donors (Lipinski definition) is 1. The first kappa shape index (κ1) is 23.1. The van der Waals surface area contributed by atoms with Crippen LogP contribution in [0.3, 0.4) is 0 Å². The Balaban J connectivity index is 0.00000272. The highest BCUT2D eigenvalue weighted by molar-refractivity contribution is 14.0. The Labute approximate surface area is 200 Å². The monoisotopic (exact) mass is 532 g/mol. The number of nitrogens with zero attached hydrogens (tertiary/aromatic N) is 5.